The van der Waals surface area contributed by atoms with Gasteiger partial charge in [-0.25, -0.2) is 13.6 Å². The van der Waals surface area contributed by atoms with Crippen LogP contribution in [0.15, 0.2) is 40.9 Å². The molecule has 0 bridgehead atoms. The Bertz CT molecular complexity index is 641. The Labute approximate surface area is 117 Å². The predicted octanol–water partition coefficient (Wildman–Crippen LogP) is 4.18. The summed E-state index contributed by atoms with van der Waals surface area (Å²) < 4.78 is 32.0. The minimum Gasteiger partial charge on any atom is -0.465 e. The van der Waals surface area contributed by atoms with Crippen molar-refractivity contribution in [2.45, 2.75) is 0 Å². The lowest BCUT2D eigenvalue weighted by Crippen LogP contribution is -2.04. The zero-order valence-corrected chi connectivity index (χ0v) is 11.5. The van der Waals surface area contributed by atoms with Crippen LogP contribution in [-0.4, -0.2) is 13.1 Å². The van der Waals surface area contributed by atoms with E-state index in [2.05, 4.69) is 20.7 Å². The van der Waals surface area contributed by atoms with E-state index < -0.39 is 17.6 Å². The fraction of sp³-hybridized carbons (Fsp3) is 0.0714. The number of carbonyl (C=O) groups is 1. The molecule has 0 spiro atoms. The van der Waals surface area contributed by atoms with Crippen molar-refractivity contribution in [3.8, 4) is 11.1 Å². The lowest BCUT2D eigenvalue weighted by Gasteiger charge is -2.09. The fourth-order valence-corrected chi connectivity index (χ4v) is 2.10. The Balaban J connectivity index is 2.64. The molecule has 0 heterocycles. The van der Waals surface area contributed by atoms with E-state index in [1.165, 1.54) is 19.2 Å². The first-order valence-electron chi connectivity index (χ1n) is 5.36. The Morgan fingerprint density at radius 2 is 1.79 bits per heavy atom. The molecule has 0 aliphatic carbocycles. The van der Waals surface area contributed by atoms with Crippen molar-refractivity contribution in [2.24, 2.45) is 0 Å². The second-order valence-electron chi connectivity index (χ2n) is 3.81. The minimum absolute atomic E-state index is 0.148. The number of methoxy groups -OCH3 is 1. The highest BCUT2D eigenvalue weighted by atomic mass is 79.9. The van der Waals surface area contributed by atoms with Gasteiger partial charge < -0.3 is 4.74 Å². The summed E-state index contributed by atoms with van der Waals surface area (Å²) in [5, 5.41) is 0. The monoisotopic (exact) mass is 326 g/mol. The summed E-state index contributed by atoms with van der Waals surface area (Å²) in [4.78, 5) is 11.7. The standard InChI is InChI=1S/C14H9BrF2O2/c1-19-14(18)12-6-8(15)2-4-10(12)11-5-3-9(16)7-13(11)17/h2-7H,1H3. The molecule has 2 aromatic carbocycles. The lowest BCUT2D eigenvalue weighted by molar-refractivity contribution is 0.0601. The number of ether oxygens (including phenoxy) is 1. The van der Waals surface area contributed by atoms with Crippen molar-refractivity contribution >= 4 is 21.9 Å². The van der Waals surface area contributed by atoms with Crippen LogP contribution >= 0.6 is 15.9 Å². The second kappa shape index (κ2) is 5.48. The van der Waals surface area contributed by atoms with Crippen molar-refractivity contribution in [1.82, 2.24) is 0 Å². The third kappa shape index (κ3) is 2.81. The van der Waals surface area contributed by atoms with Crippen molar-refractivity contribution in [2.75, 3.05) is 7.11 Å². The second-order valence-corrected chi connectivity index (χ2v) is 4.72. The number of esters is 1. The number of halogens is 3. The minimum atomic E-state index is -0.729. The van der Waals surface area contributed by atoms with Crippen molar-refractivity contribution in [3.05, 3.63) is 58.1 Å². The first-order chi connectivity index (χ1) is 9.02. The number of benzene rings is 2. The van der Waals surface area contributed by atoms with Crippen LogP contribution in [0.1, 0.15) is 10.4 Å². The zero-order chi connectivity index (χ0) is 14.0. The Morgan fingerprint density at radius 1 is 1.11 bits per heavy atom. The molecule has 5 heteroatoms. The average molecular weight is 327 g/mol. The van der Waals surface area contributed by atoms with Gasteiger partial charge in [0, 0.05) is 16.1 Å². The summed E-state index contributed by atoms with van der Waals surface area (Å²) in [7, 11) is 1.24. The largest absolute Gasteiger partial charge is 0.465 e. The van der Waals surface area contributed by atoms with E-state index in [0.717, 1.165) is 12.1 Å². The van der Waals surface area contributed by atoms with Gasteiger partial charge in [-0.3, -0.25) is 0 Å². The average Bonchev–Trinajstić information content (AvgIpc) is 2.38. The maximum absolute atomic E-state index is 13.8. The fourth-order valence-electron chi connectivity index (χ4n) is 1.74. The Kier molecular flexibility index (Phi) is 3.95. The molecule has 0 N–H and O–H groups in total. The van der Waals surface area contributed by atoms with E-state index in [1.807, 2.05) is 0 Å². The van der Waals surface area contributed by atoms with Crippen LogP contribution in [0.4, 0.5) is 8.78 Å². The molecule has 19 heavy (non-hydrogen) atoms. The normalized spacial score (nSPS) is 10.3. The van der Waals surface area contributed by atoms with Crippen LogP contribution in [-0.2, 0) is 4.74 Å². The molecule has 0 fully saturated rings. The van der Waals surface area contributed by atoms with Gasteiger partial charge in [0.15, 0.2) is 0 Å². The molecular formula is C14H9BrF2O2. The summed E-state index contributed by atoms with van der Waals surface area (Å²) in [6, 6.07) is 7.99. The summed E-state index contributed by atoms with van der Waals surface area (Å²) in [6.07, 6.45) is 0. The molecule has 0 saturated heterocycles. The number of rotatable bonds is 2. The number of hydrogen-bond acceptors (Lipinski definition) is 2. The molecular weight excluding hydrogens is 318 g/mol. The third-order valence-corrected chi connectivity index (χ3v) is 3.10. The maximum Gasteiger partial charge on any atom is 0.338 e. The van der Waals surface area contributed by atoms with Crippen molar-refractivity contribution < 1.29 is 18.3 Å². The summed E-state index contributed by atoms with van der Waals surface area (Å²) in [5.74, 6) is -1.98. The van der Waals surface area contributed by atoms with Crippen LogP contribution in [0.3, 0.4) is 0 Å². The molecule has 0 amide bonds. The van der Waals surface area contributed by atoms with Crippen LogP contribution in [0.2, 0.25) is 0 Å². The first-order valence-corrected chi connectivity index (χ1v) is 6.15. The topological polar surface area (TPSA) is 26.3 Å². The van der Waals surface area contributed by atoms with Gasteiger partial charge in [0.25, 0.3) is 0 Å². The Morgan fingerprint density at radius 3 is 2.42 bits per heavy atom. The highest BCUT2D eigenvalue weighted by Crippen LogP contribution is 2.29. The van der Waals surface area contributed by atoms with Gasteiger partial charge in [-0.1, -0.05) is 22.0 Å². The van der Waals surface area contributed by atoms with E-state index in [1.54, 1.807) is 12.1 Å². The van der Waals surface area contributed by atoms with Gasteiger partial charge >= 0.3 is 5.97 Å². The molecule has 0 saturated carbocycles. The quantitative estimate of drug-likeness (QED) is 0.774. The molecule has 98 valence electrons. The Hall–Kier alpha value is -1.75. The third-order valence-electron chi connectivity index (χ3n) is 2.61. The van der Waals surface area contributed by atoms with Gasteiger partial charge in [-0.05, 0) is 29.8 Å². The summed E-state index contributed by atoms with van der Waals surface area (Å²) >= 11 is 3.23. The molecule has 0 atom stereocenters. The van der Waals surface area contributed by atoms with Crippen LogP contribution in [0.25, 0.3) is 11.1 Å². The van der Waals surface area contributed by atoms with E-state index in [4.69, 9.17) is 0 Å². The molecule has 2 nitrogen and oxygen atoms in total. The van der Waals surface area contributed by atoms with Crippen LogP contribution in [0, 0.1) is 11.6 Å². The van der Waals surface area contributed by atoms with Crippen LogP contribution in [0.5, 0.6) is 0 Å². The van der Waals surface area contributed by atoms with Gasteiger partial charge in [0.05, 0.1) is 12.7 Å². The van der Waals surface area contributed by atoms with E-state index in [-0.39, 0.29) is 11.1 Å². The smallest absolute Gasteiger partial charge is 0.338 e. The summed E-state index contributed by atoms with van der Waals surface area (Å²) in [6.45, 7) is 0. The molecule has 2 rings (SSSR count). The molecule has 0 aliphatic heterocycles. The van der Waals surface area contributed by atoms with Gasteiger partial charge in [-0.2, -0.15) is 0 Å². The molecule has 0 unspecified atom stereocenters. The van der Waals surface area contributed by atoms with Gasteiger partial charge in [0.2, 0.25) is 0 Å². The molecule has 0 aliphatic rings. The van der Waals surface area contributed by atoms with Crippen molar-refractivity contribution in [1.29, 1.82) is 0 Å². The highest BCUT2D eigenvalue weighted by molar-refractivity contribution is 9.10. The van der Waals surface area contributed by atoms with Gasteiger partial charge in [-0.15, -0.1) is 0 Å². The SMILES string of the molecule is COC(=O)c1cc(Br)ccc1-c1ccc(F)cc1F. The maximum atomic E-state index is 13.8. The van der Waals surface area contributed by atoms with E-state index in [0.29, 0.717) is 10.0 Å². The zero-order valence-electron chi connectivity index (χ0n) is 9.91. The van der Waals surface area contributed by atoms with Gasteiger partial charge in [0.1, 0.15) is 11.6 Å². The number of hydrogen-bond donors (Lipinski definition) is 0. The van der Waals surface area contributed by atoms with Crippen molar-refractivity contribution in [3.63, 3.8) is 0 Å². The molecule has 0 aromatic heterocycles. The molecule has 2 aromatic rings. The van der Waals surface area contributed by atoms with E-state index >= 15 is 0 Å². The highest BCUT2D eigenvalue weighted by Gasteiger charge is 2.16. The first kappa shape index (κ1) is 13.7. The van der Waals surface area contributed by atoms with Crippen LogP contribution < -0.4 is 0 Å². The predicted molar refractivity (Wildman–Crippen MR) is 70.8 cm³/mol. The lowest BCUT2D eigenvalue weighted by atomic mass is 9.99. The summed E-state index contributed by atoms with van der Waals surface area (Å²) in [5.41, 5.74) is 0.712. The van der Waals surface area contributed by atoms with E-state index in [9.17, 15) is 13.6 Å². The molecule has 0 radical (unpaired) electrons. The number of carbonyl (C=O) groups excluding carboxylic acids is 1.